The van der Waals surface area contributed by atoms with E-state index in [0.717, 1.165) is 0 Å². The van der Waals surface area contributed by atoms with E-state index in [0.29, 0.717) is 50.2 Å². The predicted molar refractivity (Wildman–Crippen MR) is 113 cm³/mol. The van der Waals surface area contributed by atoms with Crippen molar-refractivity contribution in [1.29, 1.82) is 0 Å². The van der Waals surface area contributed by atoms with E-state index in [9.17, 15) is 8.96 Å². The lowest BCUT2D eigenvalue weighted by molar-refractivity contribution is 0.582. The average Bonchev–Trinajstić information content (AvgIpc) is 2.65. The highest BCUT2D eigenvalue weighted by atomic mass is 79.9. The molecule has 3 rings (SSSR count). The van der Waals surface area contributed by atoms with Crippen LogP contribution >= 0.6 is 34.7 Å². The number of benzene rings is 1. The molecule has 1 N–H and O–H groups in total. The van der Waals surface area contributed by atoms with Gasteiger partial charge < -0.3 is 9.88 Å². The Balaban J connectivity index is 2.30. The van der Waals surface area contributed by atoms with Crippen LogP contribution in [0.2, 0.25) is 5.28 Å². The summed E-state index contributed by atoms with van der Waals surface area (Å²) in [4.78, 5) is 12.4. The second-order valence-electron chi connectivity index (χ2n) is 6.07. The molecule has 0 atom stereocenters. The van der Waals surface area contributed by atoms with Gasteiger partial charge in [-0.2, -0.15) is 4.98 Å². The third-order valence-electron chi connectivity index (χ3n) is 4.50. The van der Waals surface area contributed by atoms with E-state index < -0.39 is 13.0 Å². The summed E-state index contributed by atoms with van der Waals surface area (Å²) >= 11 is 9.28. The number of nitrogens with one attached hydrogen (secondary N) is 1. The van der Waals surface area contributed by atoms with Crippen LogP contribution in [0.1, 0.15) is 19.5 Å². The van der Waals surface area contributed by atoms with Gasteiger partial charge in [0.15, 0.2) is 0 Å². The first-order chi connectivity index (χ1) is 12.8. The Morgan fingerprint density at radius 1 is 1.26 bits per heavy atom. The van der Waals surface area contributed by atoms with E-state index in [1.54, 1.807) is 19.1 Å². The summed E-state index contributed by atoms with van der Waals surface area (Å²) in [5, 5.41) is 4.39. The van der Waals surface area contributed by atoms with Crippen molar-refractivity contribution in [3.05, 3.63) is 45.7 Å². The first kappa shape index (κ1) is 20.2. The molecule has 2 aromatic heterocycles. The van der Waals surface area contributed by atoms with Crippen molar-refractivity contribution in [1.82, 2.24) is 15.0 Å². The van der Waals surface area contributed by atoms with Crippen molar-refractivity contribution < 1.29 is 8.96 Å². The lowest BCUT2D eigenvalue weighted by atomic mass is 10.1. The number of rotatable bonds is 5. The van der Waals surface area contributed by atoms with Gasteiger partial charge in [0.2, 0.25) is 5.28 Å². The zero-order chi connectivity index (χ0) is 19.8. The summed E-state index contributed by atoms with van der Waals surface area (Å²) in [6.45, 7) is 5.37. The first-order valence-electron chi connectivity index (χ1n) is 8.42. The third kappa shape index (κ3) is 3.86. The van der Waals surface area contributed by atoms with E-state index in [-0.39, 0.29) is 5.28 Å². The molecule has 1 aromatic carbocycles. The lowest BCUT2D eigenvalue weighted by Gasteiger charge is -2.22. The molecular formula is C18H18BrClFN4OP. The van der Waals surface area contributed by atoms with E-state index in [1.807, 2.05) is 13.8 Å². The summed E-state index contributed by atoms with van der Waals surface area (Å²) < 4.78 is 28.6. The second-order valence-corrected chi connectivity index (χ2v) is 10.7. The maximum atomic E-state index is 14.3. The molecule has 0 unspecified atom stereocenters. The van der Waals surface area contributed by atoms with Crippen molar-refractivity contribution >= 4 is 62.4 Å². The van der Waals surface area contributed by atoms with Crippen LogP contribution in [0.5, 0.6) is 0 Å². The fraction of sp³-hybridized carbons (Fsp3) is 0.278. The summed E-state index contributed by atoms with van der Waals surface area (Å²) in [5.74, 6) is 0.0146. The molecular weight excluding hydrogens is 454 g/mol. The molecule has 0 bridgehead atoms. The minimum absolute atomic E-state index is 0.0838. The van der Waals surface area contributed by atoms with Crippen molar-refractivity contribution in [2.75, 3.05) is 17.6 Å². The Hall–Kier alpha value is -1.56. The van der Waals surface area contributed by atoms with Gasteiger partial charge in [-0.05, 0) is 52.7 Å². The van der Waals surface area contributed by atoms with Gasteiger partial charge in [0.25, 0.3) is 0 Å². The molecule has 5 nitrogen and oxygen atoms in total. The van der Waals surface area contributed by atoms with Crippen molar-refractivity contribution in [2.24, 2.45) is 0 Å². The zero-order valence-corrected chi connectivity index (χ0v) is 18.3. The minimum Gasteiger partial charge on any atom is -0.339 e. The molecule has 0 aliphatic heterocycles. The second kappa shape index (κ2) is 7.82. The van der Waals surface area contributed by atoms with E-state index in [1.165, 1.54) is 12.3 Å². The monoisotopic (exact) mass is 470 g/mol. The van der Waals surface area contributed by atoms with Gasteiger partial charge in [0.1, 0.15) is 18.8 Å². The number of hydrogen-bond acceptors (Lipinski definition) is 5. The molecule has 9 heteroatoms. The number of fused-ring (bicyclic) bond motifs is 1. The Morgan fingerprint density at radius 2 is 1.96 bits per heavy atom. The highest BCUT2D eigenvalue weighted by molar-refractivity contribution is 9.10. The maximum Gasteiger partial charge on any atom is 0.224 e. The first-order valence-corrected chi connectivity index (χ1v) is 11.7. The average molecular weight is 472 g/mol. The van der Waals surface area contributed by atoms with Crippen LogP contribution in [-0.2, 0) is 4.57 Å². The fourth-order valence-electron chi connectivity index (χ4n) is 2.94. The number of anilines is 2. The van der Waals surface area contributed by atoms with Crippen LogP contribution in [0, 0.1) is 12.7 Å². The summed E-state index contributed by atoms with van der Waals surface area (Å²) in [7, 11) is -2.78. The standard InChI is InChI=1S/C18H18BrClFN4OP/c1-4-27(26,5-2)16-11-8-13(21)10(3)23-14(11)6-7-15(16)24-17-12(19)9-22-18(20)25-17/h6-9H,4-5H2,1-3H3,(H,22,24,25). The number of aryl methyl sites for hydroxylation is 1. The highest BCUT2D eigenvalue weighted by Gasteiger charge is 2.27. The minimum atomic E-state index is -2.78. The van der Waals surface area contributed by atoms with Gasteiger partial charge in [-0.15, -0.1) is 0 Å². The molecule has 0 spiro atoms. The topological polar surface area (TPSA) is 67.8 Å². The van der Waals surface area contributed by atoms with E-state index in [2.05, 4.69) is 36.2 Å². The number of nitrogens with zero attached hydrogens (tertiary/aromatic N) is 3. The maximum absolute atomic E-state index is 14.3. The van der Waals surface area contributed by atoms with Crippen LogP contribution in [0.25, 0.3) is 10.9 Å². The van der Waals surface area contributed by atoms with Crippen molar-refractivity contribution in [3.63, 3.8) is 0 Å². The zero-order valence-electron chi connectivity index (χ0n) is 15.1. The van der Waals surface area contributed by atoms with Crippen LogP contribution < -0.4 is 10.6 Å². The molecule has 0 saturated heterocycles. The molecule has 3 aromatic rings. The Morgan fingerprint density at radius 3 is 2.63 bits per heavy atom. The fourth-order valence-corrected chi connectivity index (χ4v) is 5.63. The molecule has 27 heavy (non-hydrogen) atoms. The highest BCUT2D eigenvalue weighted by Crippen LogP contribution is 2.48. The van der Waals surface area contributed by atoms with Crippen molar-refractivity contribution in [3.8, 4) is 0 Å². The smallest absolute Gasteiger partial charge is 0.224 e. The summed E-state index contributed by atoms with van der Waals surface area (Å²) in [5.41, 5.74) is 1.51. The van der Waals surface area contributed by atoms with Crippen LogP contribution in [0.15, 0.2) is 28.9 Å². The van der Waals surface area contributed by atoms with Gasteiger partial charge in [0, 0.05) is 29.2 Å². The quantitative estimate of drug-likeness (QED) is 0.384. The molecule has 0 fully saturated rings. The molecule has 0 saturated carbocycles. The van der Waals surface area contributed by atoms with Gasteiger partial charge in [-0.3, -0.25) is 4.98 Å². The number of hydrogen-bond donors (Lipinski definition) is 1. The predicted octanol–water partition coefficient (Wildman–Crippen LogP) is 5.66. The SMILES string of the molecule is CCP(=O)(CC)c1c(Nc2nc(Cl)ncc2Br)ccc2nc(C)c(F)cc12. The lowest BCUT2D eigenvalue weighted by Crippen LogP contribution is -2.16. The number of halogens is 3. The Bertz CT molecular complexity index is 1070. The van der Waals surface area contributed by atoms with Gasteiger partial charge in [-0.1, -0.05) is 13.8 Å². The summed E-state index contributed by atoms with van der Waals surface area (Å²) in [6.07, 6.45) is 2.44. The number of pyridine rings is 1. The van der Waals surface area contributed by atoms with Crippen LogP contribution in [-0.4, -0.2) is 27.3 Å². The van der Waals surface area contributed by atoms with Gasteiger partial charge in [0.05, 0.1) is 21.4 Å². The normalized spacial score (nSPS) is 11.8. The van der Waals surface area contributed by atoms with Gasteiger partial charge in [-0.25, -0.2) is 9.37 Å². The Labute approximate surface area is 170 Å². The third-order valence-corrected chi connectivity index (χ3v) is 8.60. The van der Waals surface area contributed by atoms with E-state index >= 15 is 0 Å². The largest absolute Gasteiger partial charge is 0.339 e. The van der Waals surface area contributed by atoms with Crippen LogP contribution in [0.4, 0.5) is 15.9 Å². The Kier molecular flexibility index (Phi) is 5.84. The number of aromatic nitrogens is 3. The molecule has 0 amide bonds. The summed E-state index contributed by atoms with van der Waals surface area (Å²) in [6, 6.07) is 4.99. The molecule has 0 aliphatic carbocycles. The van der Waals surface area contributed by atoms with Crippen molar-refractivity contribution in [2.45, 2.75) is 20.8 Å². The molecule has 0 aliphatic rings. The van der Waals surface area contributed by atoms with Crippen LogP contribution in [0.3, 0.4) is 0 Å². The molecule has 142 valence electrons. The van der Waals surface area contributed by atoms with E-state index in [4.69, 9.17) is 11.6 Å². The molecule has 0 radical (unpaired) electrons. The molecule has 2 heterocycles. The van der Waals surface area contributed by atoms with Gasteiger partial charge >= 0.3 is 0 Å².